The molecule has 0 saturated carbocycles. The molecule has 0 fully saturated rings. The molecular formula is C15H12ClNO3. The molecule has 1 heterocycles. The van der Waals surface area contributed by atoms with Crippen molar-refractivity contribution in [3.05, 3.63) is 64.9 Å². The average molecular weight is 290 g/mol. The second-order valence-corrected chi connectivity index (χ2v) is 4.60. The van der Waals surface area contributed by atoms with Crippen molar-refractivity contribution in [1.29, 1.82) is 0 Å². The van der Waals surface area contributed by atoms with Crippen LogP contribution in [0.15, 0.2) is 48.8 Å². The summed E-state index contributed by atoms with van der Waals surface area (Å²) in [5.41, 5.74) is 0.710. The van der Waals surface area contributed by atoms with Gasteiger partial charge >= 0.3 is 5.97 Å². The Kier molecular flexibility index (Phi) is 4.48. The Morgan fingerprint density at radius 3 is 2.60 bits per heavy atom. The van der Waals surface area contributed by atoms with Crippen LogP contribution < -0.4 is 0 Å². The molecule has 102 valence electrons. The van der Waals surface area contributed by atoms with Crippen LogP contribution in [0.2, 0.25) is 5.02 Å². The van der Waals surface area contributed by atoms with E-state index in [1.807, 2.05) is 0 Å². The zero-order valence-corrected chi connectivity index (χ0v) is 11.5. The van der Waals surface area contributed by atoms with Gasteiger partial charge in [0.25, 0.3) is 0 Å². The summed E-state index contributed by atoms with van der Waals surface area (Å²) in [7, 11) is 0. The number of ketones is 1. The maximum absolute atomic E-state index is 12.1. The van der Waals surface area contributed by atoms with E-state index in [4.69, 9.17) is 16.3 Å². The van der Waals surface area contributed by atoms with Crippen molar-refractivity contribution < 1.29 is 14.3 Å². The van der Waals surface area contributed by atoms with Gasteiger partial charge < -0.3 is 4.74 Å². The number of ether oxygens (including phenoxy) is 1. The SMILES string of the molecule is CC(OC(=O)c1cccnc1)C(=O)c1cccc(Cl)c1. The molecule has 2 aromatic rings. The number of nitrogens with zero attached hydrogens (tertiary/aromatic N) is 1. The molecule has 5 heteroatoms. The maximum Gasteiger partial charge on any atom is 0.340 e. The van der Waals surface area contributed by atoms with E-state index < -0.39 is 12.1 Å². The summed E-state index contributed by atoms with van der Waals surface area (Å²) in [5.74, 6) is -0.884. The molecule has 1 unspecified atom stereocenters. The quantitative estimate of drug-likeness (QED) is 0.641. The second kappa shape index (κ2) is 6.30. The van der Waals surface area contributed by atoms with E-state index in [-0.39, 0.29) is 5.78 Å². The van der Waals surface area contributed by atoms with Crippen molar-refractivity contribution in [2.45, 2.75) is 13.0 Å². The summed E-state index contributed by atoms with van der Waals surface area (Å²) < 4.78 is 5.12. The van der Waals surface area contributed by atoms with Gasteiger partial charge in [-0.25, -0.2) is 4.79 Å². The number of rotatable bonds is 4. The Bertz CT molecular complexity index is 628. The summed E-state index contributed by atoms with van der Waals surface area (Å²) in [6.07, 6.45) is 2.05. The van der Waals surface area contributed by atoms with Crippen molar-refractivity contribution in [3.63, 3.8) is 0 Å². The van der Waals surface area contributed by atoms with Crippen molar-refractivity contribution in [2.75, 3.05) is 0 Å². The molecule has 0 aliphatic heterocycles. The van der Waals surface area contributed by atoms with E-state index in [0.717, 1.165) is 0 Å². The lowest BCUT2D eigenvalue weighted by Gasteiger charge is -2.12. The van der Waals surface area contributed by atoms with E-state index in [1.54, 1.807) is 36.5 Å². The van der Waals surface area contributed by atoms with Crippen molar-refractivity contribution in [3.8, 4) is 0 Å². The largest absolute Gasteiger partial charge is 0.451 e. The minimum atomic E-state index is -0.888. The predicted molar refractivity (Wildman–Crippen MR) is 74.9 cm³/mol. The third kappa shape index (κ3) is 3.42. The Hall–Kier alpha value is -2.20. The van der Waals surface area contributed by atoms with Crippen LogP contribution in [-0.4, -0.2) is 22.8 Å². The summed E-state index contributed by atoms with van der Waals surface area (Å²) in [4.78, 5) is 27.8. The smallest absolute Gasteiger partial charge is 0.340 e. The molecular weight excluding hydrogens is 278 g/mol. The Labute approximate surface area is 121 Å². The highest BCUT2D eigenvalue weighted by molar-refractivity contribution is 6.31. The molecule has 2 rings (SSSR count). The van der Waals surface area contributed by atoms with E-state index in [0.29, 0.717) is 16.1 Å². The van der Waals surface area contributed by atoms with Gasteiger partial charge in [-0.05, 0) is 31.2 Å². The number of aromatic nitrogens is 1. The highest BCUT2D eigenvalue weighted by atomic mass is 35.5. The van der Waals surface area contributed by atoms with Gasteiger partial charge in [0.15, 0.2) is 6.10 Å². The molecule has 0 N–H and O–H groups in total. The number of Topliss-reactive ketones (excluding diaryl/α,β-unsaturated/α-hetero) is 1. The second-order valence-electron chi connectivity index (χ2n) is 4.16. The molecule has 0 bridgehead atoms. The molecule has 1 aromatic carbocycles. The number of carbonyl (C=O) groups is 2. The van der Waals surface area contributed by atoms with Gasteiger partial charge in [0.2, 0.25) is 5.78 Å². The summed E-state index contributed by atoms with van der Waals surface area (Å²) >= 11 is 5.83. The first-order valence-electron chi connectivity index (χ1n) is 5.98. The molecule has 0 aliphatic carbocycles. The number of benzene rings is 1. The molecule has 0 aliphatic rings. The van der Waals surface area contributed by atoms with Crippen LogP contribution in [0.5, 0.6) is 0 Å². The number of carbonyl (C=O) groups excluding carboxylic acids is 2. The molecule has 4 nitrogen and oxygen atoms in total. The first-order chi connectivity index (χ1) is 9.58. The fourth-order valence-corrected chi connectivity index (χ4v) is 1.83. The van der Waals surface area contributed by atoms with Crippen LogP contribution in [0.25, 0.3) is 0 Å². The number of hydrogen-bond acceptors (Lipinski definition) is 4. The van der Waals surface area contributed by atoms with Crippen molar-refractivity contribution in [2.24, 2.45) is 0 Å². The normalized spacial score (nSPS) is 11.7. The minimum Gasteiger partial charge on any atom is -0.451 e. The maximum atomic E-state index is 12.1. The molecule has 0 amide bonds. The number of halogens is 1. The number of pyridine rings is 1. The Morgan fingerprint density at radius 2 is 1.95 bits per heavy atom. The van der Waals surface area contributed by atoms with Gasteiger partial charge in [-0.3, -0.25) is 9.78 Å². The number of hydrogen-bond donors (Lipinski definition) is 0. The first kappa shape index (κ1) is 14.2. The molecule has 20 heavy (non-hydrogen) atoms. The Morgan fingerprint density at radius 1 is 1.20 bits per heavy atom. The third-order valence-corrected chi connectivity index (χ3v) is 2.89. The standard InChI is InChI=1S/C15H12ClNO3/c1-10(14(18)11-4-2-6-13(16)8-11)20-15(19)12-5-3-7-17-9-12/h2-10H,1H3. The number of esters is 1. The van der Waals surface area contributed by atoms with Gasteiger partial charge in [-0.15, -0.1) is 0 Å². The predicted octanol–water partition coefficient (Wildman–Crippen LogP) is 3.16. The van der Waals surface area contributed by atoms with Crippen LogP contribution in [-0.2, 0) is 4.74 Å². The van der Waals surface area contributed by atoms with E-state index in [2.05, 4.69) is 4.98 Å². The lowest BCUT2D eigenvalue weighted by molar-refractivity contribution is 0.0318. The fourth-order valence-electron chi connectivity index (χ4n) is 1.64. The molecule has 0 radical (unpaired) electrons. The summed E-state index contributed by atoms with van der Waals surface area (Å²) in [6.45, 7) is 1.53. The van der Waals surface area contributed by atoms with Crippen LogP contribution in [0.3, 0.4) is 0 Å². The van der Waals surface area contributed by atoms with E-state index in [1.165, 1.54) is 19.2 Å². The fraction of sp³-hybridized carbons (Fsp3) is 0.133. The van der Waals surface area contributed by atoms with E-state index in [9.17, 15) is 9.59 Å². The van der Waals surface area contributed by atoms with Gasteiger partial charge in [0.1, 0.15) is 0 Å². The van der Waals surface area contributed by atoms with E-state index >= 15 is 0 Å². The molecule has 1 atom stereocenters. The van der Waals surface area contributed by atoms with Crippen LogP contribution in [0.1, 0.15) is 27.6 Å². The van der Waals surface area contributed by atoms with Crippen LogP contribution in [0, 0.1) is 0 Å². The van der Waals surface area contributed by atoms with Crippen molar-refractivity contribution >= 4 is 23.4 Å². The monoisotopic (exact) mass is 289 g/mol. The van der Waals surface area contributed by atoms with Gasteiger partial charge in [0, 0.05) is 23.0 Å². The minimum absolute atomic E-state index is 0.301. The average Bonchev–Trinajstić information content (AvgIpc) is 2.47. The van der Waals surface area contributed by atoms with Gasteiger partial charge in [-0.1, -0.05) is 23.7 Å². The Balaban J connectivity index is 2.07. The lowest BCUT2D eigenvalue weighted by atomic mass is 10.1. The highest BCUT2D eigenvalue weighted by Crippen LogP contribution is 2.14. The van der Waals surface area contributed by atoms with Gasteiger partial charge in [0.05, 0.1) is 5.56 Å². The molecule has 0 saturated heterocycles. The lowest BCUT2D eigenvalue weighted by Crippen LogP contribution is -2.24. The zero-order valence-electron chi connectivity index (χ0n) is 10.7. The third-order valence-electron chi connectivity index (χ3n) is 2.66. The van der Waals surface area contributed by atoms with Crippen molar-refractivity contribution in [1.82, 2.24) is 4.98 Å². The topological polar surface area (TPSA) is 56.3 Å². The first-order valence-corrected chi connectivity index (χ1v) is 6.36. The van der Waals surface area contributed by atoms with Crippen LogP contribution >= 0.6 is 11.6 Å². The molecule has 0 spiro atoms. The van der Waals surface area contributed by atoms with Gasteiger partial charge in [-0.2, -0.15) is 0 Å². The highest BCUT2D eigenvalue weighted by Gasteiger charge is 2.20. The summed E-state index contributed by atoms with van der Waals surface area (Å²) in [5, 5.41) is 0.460. The molecule has 1 aromatic heterocycles. The van der Waals surface area contributed by atoms with Crippen LogP contribution in [0.4, 0.5) is 0 Å². The summed E-state index contributed by atoms with van der Waals surface area (Å²) in [6, 6.07) is 9.71. The zero-order chi connectivity index (χ0) is 14.5.